The van der Waals surface area contributed by atoms with Gasteiger partial charge in [0, 0.05) is 36.3 Å². The number of piperidine rings is 1. The number of rotatable bonds is 3. The molecule has 3 nitrogen and oxygen atoms in total. The van der Waals surface area contributed by atoms with Crippen molar-refractivity contribution in [1.29, 1.82) is 0 Å². The zero-order valence-electron chi connectivity index (χ0n) is 10.6. The summed E-state index contributed by atoms with van der Waals surface area (Å²) in [7, 11) is 0. The van der Waals surface area contributed by atoms with Gasteiger partial charge in [-0.15, -0.1) is 0 Å². The molecular formula is C14H20ClNO2. The molecule has 4 heteroatoms. The van der Waals surface area contributed by atoms with Crippen LogP contribution < -0.4 is 0 Å². The van der Waals surface area contributed by atoms with Crippen LogP contribution in [0.1, 0.15) is 25.3 Å². The molecule has 18 heavy (non-hydrogen) atoms. The van der Waals surface area contributed by atoms with Crippen LogP contribution in [-0.4, -0.2) is 34.3 Å². The molecule has 2 unspecified atom stereocenters. The molecule has 0 radical (unpaired) electrons. The van der Waals surface area contributed by atoms with Crippen LogP contribution in [0.5, 0.6) is 5.75 Å². The number of aliphatic hydroxyl groups is 1. The fourth-order valence-electron chi connectivity index (χ4n) is 2.53. The molecule has 0 aliphatic carbocycles. The first-order chi connectivity index (χ1) is 8.60. The van der Waals surface area contributed by atoms with E-state index >= 15 is 0 Å². The number of phenols is 1. The van der Waals surface area contributed by atoms with E-state index in [9.17, 15) is 10.2 Å². The predicted octanol–water partition coefficient (Wildman–Crippen LogP) is 2.64. The molecule has 2 N–H and O–H groups in total. The van der Waals surface area contributed by atoms with E-state index in [4.69, 9.17) is 11.6 Å². The van der Waals surface area contributed by atoms with Gasteiger partial charge >= 0.3 is 0 Å². The molecule has 2 atom stereocenters. The average molecular weight is 270 g/mol. The van der Waals surface area contributed by atoms with Crippen molar-refractivity contribution < 1.29 is 10.2 Å². The van der Waals surface area contributed by atoms with Crippen molar-refractivity contribution >= 4 is 11.6 Å². The number of halogens is 1. The Morgan fingerprint density at radius 2 is 2.17 bits per heavy atom. The number of hydrogen-bond acceptors (Lipinski definition) is 3. The zero-order valence-corrected chi connectivity index (χ0v) is 11.4. The van der Waals surface area contributed by atoms with Gasteiger partial charge in [-0.1, -0.05) is 11.6 Å². The Morgan fingerprint density at radius 1 is 1.39 bits per heavy atom. The third-order valence-electron chi connectivity index (χ3n) is 3.78. The molecule has 0 bridgehead atoms. The number of aromatic hydroxyl groups is 1. The summed E-state index contributed by atoms with van der Waals surface area (Å²) >= 11 is 5.96. The normalized spacial score (nSPS) is 25.3. The van der Waals surface area contributed by atoms with Crippen LogP contribution in [0.2, 0.25) is 5.02 Å². The lowest BCUT2D eigenvalue weighted by Gasteiger charge is -2.37. The first-order valence-corrected chi connectivity index (χ1v) is 6.80. The number of phenolic OH excluding ortho intramolecular Hbond substituents is 1. The Hall–Kier alpha value is -0.770. The fraction of sp³-hybridized carbons (Fsp3) is 0.571. The number of benzene rings is 1. The molecule has 0 saturated carbocycles. The highest BCUT2D eigenvalue weighted by atomic mass is 35.5. The van der Waals surface area contributed by atoms with Crippen molar-refractivity contribution in [2.24, 2.45) is 5.92 Å². The maximum Gasteiger partial charge on any atom is 0.120 e. The molecule has 0 aromatic heterocycles. The Kier molecular flexibility index (Phi) is 4.49. The molecule has 1 aromatic carbocycles. The van der Waals surface area contributed by atoms with Gasteiger partial charge in [0.1, 0.15) is 5.75 Å². The minimum absolute atomic E-state index is 0.241. The van der Waals surface area contributed by atoms with Crippen LogP contribution >= 0.6 is 11.6 Å². The Morgan fingerprint density at radius 3 is 2.89 bits per heavy atom. The van der Waals surface area contributed by atoms with E-state index in [1.54, 1.807) is 12.1 Å². The molecule has 0 amide bonds. The van der Waals surface area contributed by atoms with Crippen LogP contribution in [0, 0.1) is 5.92 Å². The smallest absolute Gasteiger partial charge is 0.120 e. The van der Waals surface area contributed by atoms with Crippen LogP contribution in [0.25, 0.3) is 0 Å². The maximum atomic E-state index is 9.84. The van der Waals surface area contributed by atoms with Crippen molar-refractivity contribution in [2.45, 2.75) is 32.4 Å². The van der Waals surface area contributed by atoms with Gasteiger partial charge in [0.15, 0.2) is 0 Å². The number of hydrogen-bond donors (Lipinski definition) is 2. The van der Waals surface area contributed by atoms with Gasteiger partial charge in [0.2, 0.25) is 0 Å². The number of nitrogens with zero attached hydrogens (tertiary/aromatic N) is 1. The van der Waals surface area contributed by atoms with Crippen molar-refractivity contribution in [3.05, 3.63) is 28.8 Å². The van der Waals surface area contributed by atoms with E-state index < -0.39 is 0 Å². The van der Waals surface area contributed by atoms with Crippen molar-refractivity contribution in [3.8, 4) is 5.75 Å². The average Bonchev–Trinajstić information content (AvgIpc) is 2.36. The second kappa shape index (κ2) is 5.91. The third-order valence-corrected chi connectivity index (χ3v) is 4.02. The number of aliphatic hydroxyl groups excluding tert-OH is 1. The lowest BCUT2D eigenvalue weighted by atomic mass is 9.93. The quantitative estimate of drug-likeness (QED) is 0.887. The van der Waals surface area contributed by atoms with Crippen molar-refractivity contribution in [2.75, 3.05) is 13.2 Å². The number of likely N-dealkylation sites (tertiary alicyclic amines) is 1. The molecule has 0 spiro atoms. The molecule has 1 aliphatic rings. The summed E-state index contributed by atoms with van der Waals surface area (Å²) in [5.41, 5.74) is 0.855. The minimum Gasteiger partial charge on any atom is -0.508 e. The summed E-state index contributed by atoms with van der Waals surface area (Å²) in [6.07, 6.45) is 2.17. The lowest BCUT2D eigenvalue weighted by Crippen LogP contribution is -2.42. The Labute approximate surface area is 113 Å². The van der Waals surface area contributed by atoms with Gasteiger partial charge < -0.3 is 10.2 Å². The molecular weight excluding hydrogens is 250 g/mol. The second-order valence-electron chi connectivity index (χ2n) is 5.18. The highest BCUT2D eigenvalue weighted by molar-refractivity contribution is 6.30. The summed E-state index contributed by atoms with van der Waals surface area (Å²) in [5, 5.41) is 19.7. The van der Waals surface area contributed by atoms with Crippen LogP contribution in [-0.2, 0) is 6.54 Å². The monoisotopic (exact) mass is 269 g/mol. The molecule has 1 aromatic rings. The van der Waals surface area contributed by atoms with Gasteiger partial charge in [0.25, 0.3) is 0 Å². The van der Waals surface area contributed by atoms with Crippen LogP contribution in [0.3, 0.4) is 0 Å². The van der Waals surface area contributed by atoms with Crippen LogP contribution in [0.4, 0.5) is 0 Å². The first kappa shape index (κ1) is 13.7. The van der Waals surface area contributed by atoms with Crippen molar-refractivity contribution in [3.63, 3.8) is 0 Å². The molecule has 100 valence electrons. The summed E-state index contributed by atoms with van der Waals surface area (Å²) in [4.78, 5) is 2.30. The predicted molar refractivity (Wildman–Crippen MR) is 72.8 cm³/mol. The van der Waals surface area contributed by atoms with E-state index in [0.717, 1.165) is 24.9 Å². The maximum absolute atomic E-state index is 9.84. The van der Waals surface area contributed by atoms with E-state index in [0.29, 0.717) is 23.5 Å². The van der Waals surface area contributed by atoms with E-state index in [1.165, 1.54) is 0 Å². The standard InChI is InChI=1S/C14H20ClNO2/c1-10-2-3-11(9-17)7-16(10)8-12-6-13(15)4-5-14(12)18/h4-6,10-11,17-18H,2-3,7-9H2,1H3. The lowest BCUT2D eigenvalue weighted by molar-refractivity contribution is 0.0766. The van der Waals surface area contributed by atoms with Gasteiger partial charge in [-0.3, -0.25) is 4.90 Å². The highest BCUT2D eigenvalue weighted by Crippen LogP contribution is 2.27. The third kappa shape index (κ3) is 3.16. The topological polar surface area (TPSA) is 43.7 Å². The molecule has 1 heterocycles. The van der Waals surface area contributed by atoms with Gasteiger partial charge in [-0.25, -0.2) is 0 Å². The van der Waals surface area contributed by atoms with Crippen LogP contribution in [0.15, 0.2) is 18.2 Å². The molecule has 1 aliphatic heterocycles. The van der Waals surface area contributed by atoms with Gasteiger partial charge in [0.05, 0.1) is 0 Å². The second-order valence-corrected chi connectivity index (χ2v) is 5.61. The Bertz CT molecular complexity index is 411. The summed E-state index contributed by atoms with van der Waals surface area (Å²) in [6.45, 7) is 3.99. The molecule has 1 saturated heterocycles. The SMILES string of the molecule is CC1CCC(CO)CN1Cc1cc(Cl)ccc1O. The molecule has 1 fully saturated rings. The summed E-state index contributed by atoms with van der Waals surface area (Å²) < 4.78 is 0. The first-order valence-electron chi connectivity index (χ1n) is 6.42. The summed E-state index contributed by atoms with van der Waals surface area (Å²) in [6, 6.07) is 5.62. The molecule has 2 rings (SSSR count). The largest absolute Gasteiger partial charge is 0.508 e. The minimum atomic E-state index is 0.241. The van der Waals surface area contributed by atoms with Gasteiger partial charge in [-0.2, -0.15) is 0 Å². The van der Waals surface area contributed by atoms with E-state index in [-0.39, 0.29) is 12.4 Å². The summed E-state index contributed by atoms with van der Waals surface area (Å²) in [5.74, 6) is 0.639. The van der Waals surface area contributed by atoms with Crippen molar-refractivity contribution in [1.82, 2.24) is 4.90 Å². The van der Waals surface area contributed by atoms with Gasteiger partial charge in [-0.05, 0) is 43.9 Å². The van der Waals surface area contributed by atoms with E-state index in [1.807, 2.05) is 6.07 Å². The highest BCUT2D eigenvalue weighted by Gasteiger charge is 2.25. The Balaban J connectivity index is 2.09. The zero-order chi connectivity index (χ0) is 13.1. The fourth-order valence-corrected chi connectivity index (χ4v) is 2.73. The van der Waals surface area contributed by atoms with E-state index in [2.05, 4.69) is 11.8 Å².